The van der Waals surface area contributed by atoms with E-state index in [1.54, 1.807) is 11.8 Å². The van der Waals surface area contributed by atoms with Crippen LogP contribution in [0.5, 0.6) is 0 Å². The molecule has 1 aromatic carbocycles. The number of amides is 2. The number of carbonyl (C=O) groups is 2. The molecule has 0 spiro atoms. The number of nitrogens with one attached hydrogen (secondary N) is 2. The average molecular weight is 390 g/mol. The SMILES string of the molecule is CCCC(=O)Nc1ccc(CN=C(N)NC2CCN(C(=O)OCC)CC2)cc1. The maximum absolute atomic E-state index is 11.7. The molecule has 0 saturated carbocycles. The van der Waals surface area contributed by atoms with E-state index in [2.05, 4.69) is 15.6 Å². The van der Waals surface area contributed by atoms with Crippen molar-refractivity contribution in [3.05, 3.63) is 29.8 Å². The van der Waals surface area contributed by atoms with Crippen LogP contribution in [0, 0.1) is 0 Å². The van der Waals surface area contributed by atoms with E-state index in [9.17, 15) is 9.59 Å². The number of nitrogens with two attached hydrogens (primary N) is 1. The van der Waals surface area contributed by atoms with Gasteiger partial charge < -0.3 is 26.0 Å². The molecule has 1 saturated heterocycles. The highest BCUT2D eigenvalue weighted by Gasteiger charge is 2.23. The zero-order valence-electron chi connectivity index (χ0n) is 16.7. The number of carbonyl (C=O) groups excluding carboxylic acids is 2. The number of hydrogen-bond donors (Lipinski definition) is 3. The monoisotopic (exact) mass is 389 g/mol. The second-order valence-corrected chi connectivity index (χ2v) is 6.80. The van der Waals surface area contributed by atoms with Gasteiger partial charge >= 0.3 is 6.09 Å². The van der Waals surface area contributed by atoms with Gasteiger partial charge in [0.25, 0.3) is 0 Å². The van der Waals surface area contributed by atoms with Crippen molar-refractivity contribution in [1.29, 1.82) is 0 Å². The molecule has 4 N–H and O–H groups in total. The van der Waals surface area contributed by atoms with Crippen molar-refractivity contribution < 1.29 is 14.3 Å². The Morgan fingerprint density at radius 2 is 1.89 bits per heavy atom. The molecule has 0 unspecified atom stereocenters. The third-order valence-corrected chi connectivity index (χ3v) is 4.52. The first kappa shape index (κ1) is 21.5. The van der Waals surface area contributed by atoms with Crippen LogP contribution in [-0.4, -0.2) is 48.6 Å². The van der Waals surface area contributed by atoms with Crippen LogP contribution in [0.15, 0.2) is 29.3 Å². The van der Waals surface area contributed by atoms with E-state index in [0.717, 1.165) is 30.5 Å². The van der Waals surface area contributed by atoms with Crippen LogP contribution < -0.4 is 16.4 Å². The van der Waals surface area contributed by atoms with Crippen molar-refractivity contribution in [2.24, 2.45) is 10.7 Å². The minimum atomic E-state index is -0.253. The molecule has 0 aromatic heterocycles. The van der Waals surface area contributed by atoms with Gasteiger partial charge in [-0.2, -0.15) is 0 Å². The smallest absolute Gasteiger partial charge is 0.409 e. The summed E-state index contributed by atoms with van der Waals surface area (Å²) in [6, 6.07) is 7.79. The Balaban J connectivity index is 1.75. The maximum Gasteiger partial charge on any atom is 0.409 e. The molecule has 0 bridgehead atoms. The summed E-state index contributed by atoms with van der Waals surface area (Å²) in [5.41, 5.74) is 7.79. The molecule has 0 radical (unpaired) electrons. The number of anilines is 1. The van der Waals surface area contributed by atoms with Crippen LogP contribution in [0.25, 0.3) is 0 Å². The molecule has 2 rings (SSSR count). The highest BCUT2D eigenvalue weighted by Crippen LogP contribution is 2.13. The van der Waals surface area contributed by atoms with Crippen molar-refractivity contribution in [3.8, 4) is 0 Å². The van der Waals surface area contributed by atoms with E-state index in [1.165, 1.54) is 0 Å². The second-order valence-electron chi connectivity index (χ2n) is 6.80. The molecule has 1 aliphatic heterocycles. The minimum absolute atomic E-state index is 0.0238. The molecule has 1 aliphatic rings. The zero-order chi connectivity index (χ0) is 20.4. The number of nitrogens with zero attached hydrogens (tertiary/aromatic N) is 2. The fourth-order valence-corrected chi connectivity index (χ4v) is 3.00. The van der Waals surface area contributed by atoms with Gasteiger partial charge in [0.1, 0.15) is 0 Å². The molecular formula is C20H31N5O3. The number of piperidine rings is 1. The lowest BCUT2D eigenvalue weighted by Gasteiger charge is -2.31. The lowest BCUT2D eigenvalue weighted by atomic mass is 10.1. The standard InChI is InChI=1S/C20H31N5O3/c1-3-5-18(26)23-16-8-6-15(7-9-16)14-22-19(21)24-17-10-12-25(13-11-17)20(27)28-4-2/h6-9,17H,3-5,10-14H2,1-2H3,(H,23,26)(H3,21,22,24). The molecule has 1 heterocycles. The second kappa shape index (κ2) is 11.2. The Kier molecular flexibility index (Phi) is 8.58. The molecule has 0 atom stereocenters. The van der Waals surface area contributed by atoms with E-state index in [4.69, 9.17) is 10.5 Å². The lowest BCUT2D eigenvalue weighted by molar-refractivity contribution is -0.116. The summed E-state index contributed by atoms with van der Waals surface area (Å²) >= 11 is 0. The van der Waals surface area contributed by atoms with Crippen LogP contribution in [0.1, 0.15) is 45.1 Å². The topological polar surface area (TPSA) is 109 Å². The van der Waals surface area contributed by atoms with Crippen LogP contribution in [0.3, 0.4) is 0 Å². The summed E-state index contributed by atoms with van der Waals surface area (Å²) in [6.45, 7) is 5.93. The van der Waals surface area contributed by atoms with Gasteiger partial charge in [-0.15, -0.1) is 0 Å². The van der Waals surface area contributed by atoms with E-state index in [0.29, 0.717) is 38.6 Å². The highest BCUT2D eigenvalue weighted by molar-refractivity contribution is 5.90. The fraction of sp³-hybridized carbons (Fsp3) is 0.550. The largest absolute Gasteiger partial charge is 0.450 e. The predicted octanol–water partition coefficient (Wildman–Crippen LogP) is 2.45. The van der Waals surface area contributed by atoms with Crippen molar-refractivity contribution in [3.63, 3.8) is 0 Å². The predicted molar refractivity (Wildman–Crippen MR) is 110 cm³/mol. The molecule has 1 aromatic rings. The van der Waals surface area contributed by atoms with Crippen LogP contribution in [0.2, 0.25) is 0 Å². The zero-order valence-corrected chi connectivity index (χ0v) is 16.7. The van der Waals surface area contributed by atoms with Gasteiger partial charge in [-0.3, -0.25) is 4.79 Å². The summed E-state index contributed by atoms with van der Waals surface area (Å²) in [4.78, 5) is 29.4. The number of likely N-dealkylation sites (tertiary alicyclic amines) is 1. The van der Waals surface area contributed by atoms with Crippen LogP contribution in [0.4, 0.5) is 10.5 Å². The molecule has 154 valence electrons. The van der Waals surface area contributed by atoms with Gasteiger partial charge in [-0.05, 0) is 43.9 Å². The lowest BCUT2D eigenvalue weighted by Crippen LogP contribution is -2.48. The Hall–Kier alpha value is -2.77. The third-order valence-electron chi connectivity index (χ3n) is 4.52. The van der Waals surface area contributed by atoms with Gasteiger partial charge in [0.05, 0.1) is 13.2 Å². The molecule has 1 fully saturated rings. The summed E-state index contributed by atoms with van der Waals surface area (Å²) in [7, 11) is 0. The Morgan fingerprint density at radius 3 is 2.50 bits per heavy atom. The molecule has 2 amide bonds. The van der Waals surface area contributed by atoms with E-state index in [1.807, 2.05) is 31.2 Å². The van der Waals surface area contributed by atoms with Crippen molar-refractivity contribution >= 4 is 23.6 Å². The number of hydrogen-bond acceptors (Lipinski definition) is 4. The molecule has 8 nitrogen and oxygen atoms in total. The quantitative estimate of drug-likeness (QED) is 0.490. The summed E-state index contributed by atoms with van der Waals surface area (Å²) < 4.78 is 5.02. The third kappa shape index (κ3) is 7.09. The normalized spacial score (nSPS) is 15.2. The van der Waals surface area contributed by atoms with Gasteiger partial charge in [-0.1, -0.05) is 19.1 Å². The number of rotatable bonds is 7. The van der Waals surface area contributed by atoms with E-state index in [-0.39, 0.29) is 18.0 Å². The number of aliphatic imine (C=N–C) groups is 1. The maximum atomic E-state index is 11.7. The first-order valence-electron chi connectivity index (χ1n) is 9.88. The summed E-state index contributed by atoms with van der Waals surface area (Å²) in [5, 5.41) is 6.08. The average Bonchev–Trinajstić information content (AvgIpc) is 2.68. The summed E-state index contributed by atoms with van der Waals surface area (Å²) in [6.07, 6.45) is 2.71. The first-order valence-corrected chi connectivity index (χ1v) is 9.88. The highest BCUT2D eigenvalue weighted by atomic mass is 16.6. The van der Waals surface area contributed by atoms with Crippen molar-refractivity contribution in [2.75, 3.05) is 25.0 Å². The van der Waals surface area contributed by atoms with Gasteiger partial charge in [-0.25, -0.2) is 9.79 Å². The van der Waals surface area contributed by atoms with Gasteiger partial charge in [0, 0.05) is 31.2 Å². The molecule has 8 heteroatoms. The Morgan fingerprint density at radius 1 is 1.21 bits per heavy atom. The molecule has 28 heavy (non-hydrogen) atoms. The van der Waals surface area contributed by atoms with Crippen LogP contribution in [-0.2, 0) is 16.1 Å². The van der Waals surface area contributed by atoms with Crippen molar-refractivity contribution in [1.82, 2.24) is 10.2 Å². The summed E-state index contributed by atoms with van der Waals surface area (Å²) in [5.74, 6) is 0.422. The van der Waals surface area contributed by atoms with E-state index < -0.39 is 0 Å². The number of ether oxygens (including phenoxy) is 1. The van der Waals surface area contributed by atoms with E-state index >= 15 is 0 Å². The Labute approximate surface area is 166 Å². The van der Waals surface area contributed by atoms with Gasteiger partial charge in [0.15, 0.2) is 5.96 Å². The molecular weight excluding hydrogens is 358 g/mol. The number of benzene rings is 1. The minimum Gasteiger partial charge on any atom is -0.450 e. The van der Waals surface area contributed by atoms with Gasteiger partial charge in [0.2, 0.25) is 5.91 Å². The van der Waals surface area contributed by atoms with Crippen LogP contribution >= 0.6 is 0 Å². The molecule has 0 aliphatic carbocycles. The van der Waals surface area contributed by atoms with Crippen molar-refractivity contribution in [2.45, 2.75) is 52.1 Å². The number of guanidine groups is 1. The Bertz CT molecular complexity index is 667. The first-order chi connectivity index (χ1) is 13.5. The fourth-order valence-electron chi connectivity index (χ4n) is 3.00.